The predicted molar refractivity (Wildman–Crippen MR) is 107 cm³/mol. The average Bonchev–Trinajstić information content (AvgIpc) is 2.89. The van der Waals surface area contributed by atoms with Gasteiger partial charge in [-0.05, 0) is 43.9 Å². The van der Waals surface area contributed by atoms with Gasteiger partial charge >= 0.3 is 5.97 Å². The largest absolute Gasteiger partial charge is 0.460 e. The van der Waals surface area contributed by atoms with E-state index in [-0.39, 0.29) is 18.5 Å². The van der Waals surface area contributed by atoms with Gasteiger partial charge in [-0.3, -0.25) is 0 Å². The number of halogens is 1. The van der Waals surface area contributed by atoms with Gasteiger partial charge in [-0.1, -0.05) is 60.7 Å². The molecule has 4 rings (SSSR count). The second-order valence-corrected chi connectivity index (χ2v) is 7.49. The Bertz CT molecular complexity index is 714. The maximum absolute atomic E-state index is 13.2. The first-order chi connectivity index (χ1) is 12.6. The number of fused-ring (bicyclic) bond motifs is 2. The zero-order valence-corrected chi connectivity index (χ0v) is 16.3. The lowest BCUT2D eigenvalue weighted by Gasteiger charge is -2.37. The first kappa shape index (κ1) is 19.9. The van der Waals surface area contributed by atoms with E-state index in [0.717, 1.165) is 25.7 Å². The molecule has 0 radical (unpaired) electrons. The molecule has 2 heterocycles. The minimum absolute atomic E-state index is 0. The van der Waals surface area contributed by atoms with E-state index in [1.165, 1.54) is 0 Å². The molecule has 0 saturated carbocycles. The molecule has 2 saturated heterocycles. The molecule has 144 valence electrons. The molecule has 2 aromatic carbocycles. The van der Waals surface area contributed by atoms with Crippen LogP contribution in [0.5, 0.6) is 0 Å². The summed E-state index contributed by atoms with van der Waals surface area (Å²) in [5.74, 6) is -0.580. The molecule has 2 aliphatic heterocycles. The van der Waals surface area contributed by atoms with Crippen molar-refractivity contribution in [1.29, 1.82) is 0 Å². The maximum Gasteiger partial charge on any atom is 0.347 e. The summed E-state index contributed by atoms with van der Waals surface area (Å²) in [4.78, 5) is 15.6. The van der Waals surface area contributed by atoms with E-state index in [1.54, 1.807) is 24.3 Å². The highest BCUT2D eigenvalue weighted by atomic mass is 35.5. The van der Waals surface area contributed by atoms with Crippen molar-refractivity contribution in [2.45, 2.75) is 49.5 Å². The first-order valence-corrected chi connectivity index (χ1v) is 9.35. The zero-order chi connectivity index (χ0) is 18.1. The normalized spacial score (nSPS) is 24.9. The number of carbonyl (C=O) groups excluding carboxylic acids is 1. The highest BCUT2D eigenvalue weighted by Gasteiger charge is 2.45. The fraction of sp³-hybridized carbons (Fsp3) is 0.409. The second kappa shape index (κ2) is 8.01. The summed E-state index contributed by atoms with van der Waals surface area (Å²) in [5, 5.41) is 11.5. The van der Waals surface area contributed by atoms with Crippen LogP contribution in [0.3, 0.4) is 0 Å². The van der Waals surface area contributed by atoms with Crippen molar-refractivity contribution < 1.29 is 14.6 Å². The smallest absolute Gasteiger partial charge is 0.347 e. The molecule has 0 amide bonds. The molecular formula is C22H26ClNO3. The number of aliphatic hydroxyl groups is 1. The maximum atomic E-state index is 13.2. The van der Waals surface area contributed by atoms with Crippen LogP contribution in [-0.4, -0.2) is 41.2 Å². The summed E-state index contributed by atoms with van der Waals surface area (Å²) >= 11 is 0. The van der Waals surface area contributed by atoms with Gasteiger partial charge in [0.1, 0.15) is 6.10 Å². The third-order valence-corrected chi connectivity index (χ3v) is 6.01. The van der Waals surface area contributed by atoms with Crippen LogP contribution in [0, 0.1) is 0 Å². The van der Waals surface area contributed by atoms with E-state index in [9.17, 15) is 9.90 Å². The molecule has 2 bridgehead atoms. The predicted octanol–water partition coefficient (Wildman–Crippen LogP) is 3.51. The van der Waals surface area contributed by atoms with Gasteiger partial charge in [0.2, 0.25) is 5.60 Å². The summed E-state index contributed by atoms with van der Waals surface area (Å²) in [6.07, 6.45) is 3.89. The first-order valence-electron chi connectivity index (χ1n) is 9.35. The van der Waals surface area contributed by atoms with Crippen molar-refractivity contribution in [3.8, 4) is 0 Å². The van der Waals surface area contributed by atoms with Crippen LogP contribution in [0.4, 0.5) is 0 Å². The standard InChI is InChI=1S/C22H25NO3.ClH/c1-23-18-12-13-19(23)15-20(14-18)26-21(24)22(25,16-8-4-2-5-9-16)17-10-6-3-7-11-17;/h2-11,18-20,25H,12-15H2,1H3;1H/t18-,19-;/m1./s1. The molecule has 1 N–H and O–H groups in total. The van der Waals surface area contributed by atoms with Crippen molar-refractivity contribution in [3.05, 3.63) is 71.8 Å². The molecule has 2 aromatic rings. The number of benzene rings is 2. The Labute approximate surface area is 166 Å². The van der Waals surface area contributed by atoms with Crippen LogP contribution < -0.4 is 0 Å². The monoisotopic (exact) mass is 387 g/mol. The van der Waals surface area contributed by atoms with Gasteiger partial charge in [-0.2, -0.15) is 0 Å². The second-order valence-electron chi connectivity index (χ2n) is 7.49. The number of hydrogen-bond donors (Lipinski definition) is 1. The number of hydrogen-bond acceptors (Lipinski definition) is 4. The molecule has 2 aliphatic rings. The fourth-order valence-corrected chi connectivity index (χ4v) is 4.46. The Morgan fingerprint density at radius 3 is 1.85 bits per heavy atom. The molecular weight excluding hydrogens is 362 g/mol. The van der Waals surface area contributed by atoms with Gasteiger partial charge in [0, 0.05) is 12.1 Å². The summed E-state index contributed by atoms with van der Waals surface area (Å²) in [6, 6.07) is 19.1. The fourth-order valence-electron chi connectivity index (χ4n) is 4.46. The van der Waals surface area contributed by atoms with E-state index in [4.69, 9.17) is 4.74 Å². The number of esters is 1. The van der Waals surface area contributed by atoms with E-state index in [0.29, 0.717) is 23.2 Å². The number of piperidine rings is 1. The third-order valence-electron chi connectivity index (χ3n) is 6.01. The van der Waals surface area contributed by atoms with Crippen molar-refractivity contribution in [2.75, 3.05) is 7.05 Å². The third kappa shape index (κ3) is 3.62. The molecule has 0 aromatic heterocycles. The van der Waals surface area contributed by atoms with E-state index >= 15 is 0 Å². The SMILES string of the molecule is CN1[C@@H]2CC[C@@H]1CC(OC(=O)C(O)(c1ccccc1)c1ccccc1)C2.Cl. The Morgan fingerprint density at radius 1 is 0.963 bits per heavy atom. The van der Waals surface area contributed by atoms with E-state index < -0.39 is 11.6 Å². The van der Waals surface area contributed by atoms with Crippen LogP contribution in [0.2, 0.25) is 0 Å². The van der Waals surface area contributed by atoms with Crippen molar-refractivity contribution in [2.24, 2.45) is 0 Å². The van der Waals surface area contributed by atoms with Crippen LogP contribution >= 0.6 is 12.4 Å². The van der Waals surface area contributed by atoms with Crippen molar-refractivity contribution in [3.63, 3.8) is 0 Å². The molecule has 2 atom stereocenters. The molecule has 5 heteroatoms. The van der Waals surface area contributed by atoms with E-state index in [2.05, 4.69) is 11.9 Å². The lowest BCUT2D eigenvalue weighted by Crippen LogP contribution is -2.46. The van der Waals surface area contributed by atoms with E-state index in [1.807, 2.05) is 36.4 Å². The Hall–Kier alpha value is -1.88. The molecule has 4 nitrogen and oxygen atoms in total. The number of rotatable bonds is 4. The van der Waals surface area contributed by atoms with Crippen LogP contribution in [0.25, 0.3) is 0 Å². The Morgan fingerprint density at radius 2 is 1.41 bits per heavy atom. The minimum Gasteiger partial charge on any atom is -0.460 e. The van der Waals surface area contributed by atoms with Gasteiger partial charge in [-0.25, -0.2) is 4.79 Å². The van der Waals surface area contributed by atoms with Gasteiger partial charge in [-0.15, -0.1) is 12.4 Å². The van der Waals surface area contributed by atoms with Gasteiger partial charge in [0.25, 0.3) is 0 Å². The lowest BCUT2D eigenvalue weighted by atomic mass is 9.86. The highest BCUT2D eigenvalue weighted by molar-refractivity contribution is 5.86. The van der Waals surface area contributed by atoms with Crippen LogP contribution in [0.1, 0.15) is 36.8 Å². The summed E-state index contributed by atoms with van der Waals surface area (Å²) in [5.41, 5.74) is -0.718. The Kier molecular flexibility index (Phi) is 5.89. The molecule has 0 spiro atoms. The van der Waals surface area contributed by atoms with Crippen molar-refractivity contribution >= 4 is 18.4 Å². The topological polar surface area (TPSA) is 49.8 Å². The highest BCUT2D eigenvalue weighted by Crippen LogP contribution is 2.37. The Balaban J connectivity index is 0.00000210. The molecule has 0 aliphatic carbocycles. The molecule has 2 fully saturated rings. The summed E-state index contributed by atoms with van der Waals surface area (Å²) < 4.78 is 5.88. The molecule has 0 unspecified atom stereocenters. The number of nitrogens with zero attached hydrogens (tertiary/aromatic N) is 1. The zero-order valence-electron chi connectivity index (χ0n) is 15.5. The van der Waals surface area contributed by atoms with Crippen LogP contribution in [-0.2, 0) is 15.1 Å². The van der Waals surface area contributed by atoms with Gasteiger partial charge in [0.15, 0.2) is 0 Å². The van der Waals surface area contributed by atoms with Gasteiger partial charge in [0.05, 0.1) is 0 Å². The minimum atomic E-state index is -1.79. The quantitative estimate of drug-likeness (QED) is 0.815. The van der Waals surface area contributed by atoms with Crippen molar-refractivity contribution in [1.82, 2.24) is 4.90 Å². The average molecular weight is 388 g/mol. The summed E-state index contributed by atoms with van der Waals surface area (Å²) in [6.45, 7) is 0. The van der Waals surface area contributed by atoms with Gasteiger partial charge < -0.3 is 14.7 Å². The number of carbonyl (C=O) groups is 1. The molecule has 27 heavy (non-hydrogen) atoms. The number of ether oxygens (including phenoxy) is 1. The summed E-state index contributed by atoms with van der Waals surface area (Å²) in [7, 11) is 2.16. The van der Waals surface area contributed by atoms with Crippen LogP contribution in [0.15, 0.2) is 60.7 Å². The lowest BCUT2D eigenvalue weighted by molar-refractivity contribution is -0.171.